The highest BCUT2D eigenvalue weighted by Crippen LogP contribution is 2.22. The van der Waals surface area contributed by atoms with Crippen LogP contribution in [0.1, 0.15) is 115 Å². The monoisotopic (exact) mass is 894 g/mol. The molecule has 2 aliphatic heterocycles. The number of hydrogen-bond donors (Lipinski definition) is 9. The van der Waals surface area contributed by atoms with Gasteiger partial charge in [0.05, 0.1) is 18.7 Å². The first-order chi connectivity index (χ1) is 29.3. The molecule has 2 saturated heterocycles. The number of hydrogen-bond acceptors (Lipinski definition) is 11. The van der Waals surface area contributed by atoms with Gasteiger partial charge in [0.25, 0.3) is 0 Å². The summed E-state index contributed by atoms with van der Waals surface area (Å²) in [4.78, 5) is 122. The minimum atomic E-state index is -1.56. The molecule has 0 aromatic rings. The van der Waals surface area contributed by atoms with E-state index in [4.69, 9.17) is 5.73 Å². The van der Waals surface area contributed by atoms with E-state index in [0.717, 1.165) is 0 Å². The van der Waals surface area contributed by atoms with Gasteiger partial charge in [-0.2, -0.15) is 0 Å². The first kappa shape index (κ1) is 54.3. The van der Waals surface area contributed by atoms with E-state index in [2.05, 4.69) is 31.9 Å². The minimum Gasteiger partial charge on any atom is -0.480 e. The summed E-state index contributed by atoms with van der Waals surface area (Å²) in [6.07, 6.45) is 0.772. The molecule has 0 bridgehead atoms. The van der Waals surface area contributed by atoms with E-state index in [1.54, 1.807) is 48.5 Å². The highest BCUT2D eigenvalue weighted by Gasteiger charge is 2.41. The molecule has 0 aliphatic carbocycles. The van der Waals surface area contributed by atoms with Crippen LogP contribution in [0.5, 0.6) is 0 Å². The molecule has 0 spiro atoms. The number of carboxylic acids is 1. The Labute approximate surface area is 371 Å². The fourth-order valence-corrected chi connectivity index (χ4v) is 7.62. The van der Waals surface area contributed by atoms with Crippen LogP contribution in [-0.2, 0) is 43.2 Å². The van der Waals surface area contributed by atoms with E-state index in [9.17, 15) is 53.4 Å². The number of amides is 8. The number of carboxylic acid groups (broad SMARTS) is 1. The number of likely N-dealkylation sites (tertiary alicyclic amines) is 2. The molecular formula is C43H75N9O11. The molecule has 0 aromatic carbocycles. The van der Waals surface area contributed by atoms with Gasteiger partial charge in [0.2, 0.25) is 47.3 Å². The second-order valence-electron chi connectivity index (χ2n) is 18.5. The van der Waals surface area contributed by atoms with E-state index in [-0.39, 0.29) is 49.6 Å². The highest BCUT2D eigenvalue weighted by molar-refractivity contribution is 5.98. The Morgan fingerprint density at radius 2 is 1.10 bits per heavy atom. The maximum atomic E-state index is 14.1. The summed E-state index contributed by atoms with van der Waals surface area (Å²) in [6.45, 7) is 18.8. The van der Waals surface area contributed by atoms with Crippen molar-refractivity contribution in [2.24, 2.45) is 35.3 Å². The lowest BCUT2D eigenvalue weighted by Gasteiger charge is -2.32. The second kappa shape index (κ2) is 24.9. The fraction of sp³-hybridized carbons (Fsp3) is 0.791. The first-order valence-corrected chi connectivity index (χ1v) is 22.4. The normalized spacial score (nSPS) is 20.3. The summed E-state index contributed by atoms with van der Waals surface area (Å²) < 4.78 is 0. The molecule has 10 N–H and O–H groups in total. The van der Waals surface area contributed by atoms with Gasteiger partial charge in [-0.15, -0.1) is 0 Å². The average molecular weight is 894 g/mol. The number of nitrogens with zero attached hydrogens (tertiary/aromatic N) is 2. The van der Waals surface area contributed by atoms with Crippen molar-refractivity contribution in [2.45, 2.75) is 169 Å². The van der Waals surface area contributed by atoms with Crippen molar-refractivity contribution < 1.29 is 53.4 Å². The quantitative estimate of drug-likeness (QED) is 0.0620. The Bertz CT molecular complexity index is 1640. The van der Waals surface area contributed by atoms with Crippen molar-refractivity contribution in [1.29, 1.82) is 0 Å². The summed E-state index contributed by atoms with van der Waals surface area (Å²) in [7, 11) is 0. The van der Waals surface area contributed by atoms with Crippen LogP contribution in [0.2, 0.25) is 0 Å². The molecule has 2 rings (SSSR count). The van der Waals surface area contributed by atoms with Crippen molar-refractivity contribution in [3.05, 3.63) is 0 Å². The Morgan fingerprint density at radius 3 is 1.56 bits per heavy atom. The topological polar surface area (TPSA) is 299 Å². The third-order valence-electron chi connectivity index (χ3n) is 11.8. The number of nitrogens with two attached hydrogens (primary N) is 1. The van der Waals surface area contributed by atoms with Crippen molar-refractivity contribution in [1.82, 2.24) is 41.7 Å². The molecule has 20 heteroatoms. The van der Waals surface area contributed by atoms with Gasteiger partial charge in [-0.3, -0.25) is 38.4 Å². The molecule has 63 heavy (non-hydrogen) atoms. The van der Waals surface area contributed by atoms with Gasteiger partial charge in [-0.05, 0) is 68.6 Å². The SMILES string of the molecule is CC[C@H](C)[C@H](NC(=O)[C@@H]1CCCN1C(=O)CNC(=O)[C@@H]1CCCN1C(=O)[C@H](CC(C)C)NC(=O)[C@@H](NC(=O)[C@@H](NC(=O)[C@@H](NC(=O)[C@@H](N)C(C)C)C(C)C)C(C)C)[C@@H](C)O)C(=O)O. The Hall–Kier alpha value is -4.85. The van der Waals surface area contributed by atoms with E-state index >= 15 is 0 Å². The third-order valence-corrected chi connectivity index (χ3v) is 11.8. The molecule has 358 valence electrons. The van der Waals surface area contributed by atoms with Crippen LogP contribution < -0.4 is 37.6 Å². The van der Waals surface area contributed by atoms with E-state index in [1.807, 2.05) is 20.8 Å². The zero-order valence-corrected chi connectivity index (χ0v) is 39.0. The smallest absolute Gasteiger partial charge is 0.326 e. The standard InChI is InChI=1S/C43H75N9O11/c1-12-25(10)34(43(62)63)49-37(56)29-16-13-17-51(29)30(54)20-45-36(55)28-15-14-18-52(28)42(61)27(19-21(2)3)46-41(60)35(26(11)53)50-40(59)33(24(8)9)48-39(58)32(23(6)7)47-38(57)31(44)22(4)5/h21-29,31-35,53H,12-20,44H2,1-11H3,(H,45,55)(H,46,60)(H,47,57)(H,48,58)(H,49,56)(H,50,59)(H,62,63)/t25-,26+,27-,28-,29-,31-,32-,33-,34-,35-/m0/s1. The zero-order valence-electron chi connectivity index (χ0n) is 39.0. The first-order valence-electron chi connectivity index (χ1n) is 22.4. The largest absolute Gasteiger partial charge is 0.480 e. The molecule has 0 unspecified atom stereocenters. The molecule has 2 heterocycles. The van der Waals surface area contributed by atoms with Crippen molar-refractivity contribution in [3.8, 4) is 0 Å². The number of carbonyl (C=O) groups is 9. The number of aliphatic hydroxyl groups excluding tert-OH is 1. The van der Waals surface area contributed by atoms with Gasteiger partial charge < -0.3 is 57.6 Å². The summed E-state index contributed by atoms with van der Waals surface area (Å²) in [5.41, 5.74) is 5.99. The lowest BCUT2D eigenvalue weighted by Crippen LogP contribution is -2.62. The van der Waals surface area contributed by atoms with Crippen LogP contribution in [0, 0.1) is 29.6 Å². The predicted molar refractivity (Wildman–Crippen MR) is 233 cm³/mol. The maximum absolute atomic E-state index is 14.1. The molecule has 2 fully saturated rings. The van der Waals surface area contributed by atoms with Crippen LogP contribution in [0.4, 0.5) is 0 Å². The molecular weight excluding hydrogens is 819 g/mol. The van der Waals surface area contributed by atoms with Crippen molar-refractivity contribution in [3.63, 3.8) is 0 Å². The van der Waals surface area contributed by atoms with Gasteiger partial charge in [-0.25, -0.2) is 4.79 Å². The molecule has 0 aromatic heterocycles. The van der Waals surface area contributed by atoms with Crippen molar-refractivity contribution in [2.75, 3.05) is 19.6 Å². The number of carbonyl (C=O) groups excluding carboxylic acids is 8. The van der Waals surface area contributed by atoms with Gasteiger partial charge in [0, 0.05) is 13.1 Å². The van der Waals surface area contributed by atoms with Crippen LogP contribution in [-0.4, -0.2) is 147 Å². The Morgan fingerprint density at radius 1 is 0.619 bits per heavy atom. The molecule has 0 radical (unpaired) electrons. The average Bonchev–Trinajstić information content (AvgIpc) is 3.91. The second-order valence-corrected chi connectivity index (χ2v) is 18.5. The molecule has 10 atom stereocenters. The van der Waals surface area contributed by atoms with E-state index in [1.165, 1.54) is 16.7 Å². The van der Waals surface area contributed by atoms with E-state index < -0.39 is 120 Å². The number of rotatable bonds is 23. The summed E-state index contributed by atoms with van der Waals surface area (Å²) >= 11 is 0. The highest BCUT2D eigenvalue weighted by atomic mass is 16.4. The van der Waals surface area contributed by atoms with Crippen LogP contribution in [0.3, 0.4) is 0 Å². The molecule has 2 aliphatic rings. The Kier molecular flexibility index (Phi) is 21.4. The van der Waals surface area contributed by atoms with Crippen molar-refractivity contribution >= 4 is 53.2 Å². The minimum absolute atomic E-state index is 0.127. The number of nitrogens with one attached hydrogen (secondary N) is 6. The van der Waals surface area contributed by atoms with Gasteiger partial charge in [0.1, 0.15) is 42.3 Å². The van der Waals surface area contributed by atoms with Crippen LogP contribution >= 0.6 is 0 Å². The zero-order chi connectivity index (χ0) is 48.0. The van der Waals surface area contributed by atoms with Gasteiger partial charge >= 0.3 is 5.97 Å². The van der Waals surface area contributed by atoms with Gasteiger partial charge in [0.15, 0.2) is 0 Å². The lowest BCUT2D eigenvalue weighted by molar-refractivity contribution is -0.145. The van der Waals surface area contributed by atoms with Crippen LogP contribution in [0.25, 0.3) is 0 Å². The number of aliphatic carboxylic acids is 1. The summed E-state index contributed by atoms with van der Waals surface area (Å²) in [5.74, 6) is -7.86. The summed E-state index contributed by atoms with van der Waals surface area (Å²) in [5, 5.41) is 36.0. The summed E-state index contributed by atoms with van der Waals surface area (Å²) in [6, 6.07) is -8.83. The Balaban J connectivity index is 2.17. The third kappa shape index (κ3) is 15.4. The molecule has 8 amide bonds. The molecule has 20 nitrogen and oxygen atoms in total. The maximum Gasteiger partial charge on any atom is 0.326 e. The predicted octanol–water partition coefficient (Wildman–Crippen LogP) is -0.639. The lowest BCUT2D eigenvalue weighted by atomic mass is 9.98. The van der Waals surface area contributed by atoms with Gasteiger partial charge in [-0.1, -0.05) is 75.7 Å². The number of aliphatic hydroxyl groups is 1. The fourth-order valence-electron chi connectivity index (χ4n) is 7.62. The van der Waals surface area contributed by atoms with Crippen LogP contribution in [0.15, 0.2) is 0 Å². The van der Waals surface area contributed by atoms with E-state index in [0.29, 0.717) is 25.7 Å². The molecule has 0 saturated carbocycles.